The molecule has 0 bridgehead atoms. The van der Waals surface area contributed by atoms with Gasteiger partial charge in [0.05, 0.1) is 38.6 Å². The highest BCUT2D eigenvalue weighted by Gasteiger charge is 2.54. The third kappa shape index (κ3) is 44.7. The van der Waals surface area contributed by atoms with Crippen LogP contribution in [0.1, 0.15) is 277 Å². The number of unbranched alkanes of at least 4 members (excludes halogenated alkanes) is 28. The van der Waals surface area contributed by atoms with E-state index in [0.717, 1.165) is 109 Å². The Balaban J connectivity index is 1.33. The molecule has 0 radical (unpaired) electrons. The molecule has 3 fully saturated rings. The van der Waals surface area contributed by atoms with Gasteiger partial charge in [0.1, 0.15) is 73.2 Å². The fourth-order valence-electron chi connectivity index (χ4n) is 13.1. The minimum Gasteiger partial charge on any atom is -0.394 e. The summed E-state index contributed by atoms with van der Waals surface area (Å²) >= 11 is 0. The van der Waals surface area contributed by atoms with Crippen LogP contribution in [-0.2, 0) is 33.2 Å². The van der Waals surface area contributed by atoms with Gasteiger partial charge in [0.25, 0.3) is 0 Å². The Labute approximate surface area is 639 Å². The van der Waals surface area contributed by atoms with Crippen molar-refractivity contribution in [3.63, 3.8) is 0 Å². The first-order valence-electron chi connectivity index (χ1n) is 41.4. The van der Waals surface area contributed by atoms with Crippen molar-refractivity contribution in [2.45, 2.75) is 381 Å². The lowest BCUT2D eigenvalue weighted by molar-refractivity contribution is -0.379. The van der Waals surface area contributed by atoms with Crippen molar-refractivity contribution < 1.29 is 89.4 Å². The van der Waals surface area contributed by atoms with Crippen molar-refractivity contribution in [3.8, 4) is 0 Å². The van der Waals surface area contributed by atoms with Crippen molar-refractivity contribution >= 4 is 5.91 Å². The zero-order valence-electron chi connectivity index (χ0n) is 65.1. The molecule has 1 amide bonds. The molecule has 3 saturated heterocycles. The van der Waals surface area contributed by atoms with E-state index >= 15 is 0 Å². The Morgan fingerprint density at radius 3 is 1.06 bits per heavy atom. The van der Waals surface area contributed by atoms with Crippen LogP contribution in [0.5, 0.6) is 0 Å². The number of carbonyl (C=O) groups excluding carboxylic acids is 1. The summed E-state index contributed by atoms with van der Waals surface area (Å²) in [6.07, 6.45) is 67.2. The molecule has 0 spiro atoms. The van der Waals surface area contributed by atoms with Crippen LogP contribution in [-0.4, -0.2) is 193 Å². The first kappa shape index (κ1) is 96.1. The number of carbonyl (C=O) groups is 1. The van der Waals surface area contributed by atoms with Crippen molar-refractivity contribution in [1.82, 2.24) is 5.32 Å². The lowest BCUT2D eigenvalue weighted by atomic mass is 9.96. The van der Waals surface area contributed by atoms with E-state index in [4.69, 9.17) is 28.4 Å². The van der Waals surface area contributed by atoms with E-state index in [1.165, 1.54) is 135 Å². The zero-order chi connectivity index (χ0) is 76.7. The van der Waals surface area contributed by atoms with Crippen LogP contribution in [0.3, 0.4) is 0 Å². The van der Waals surface area contributed by atoms with Gasteiger partial charge in [-0.25, -0.2) is 0 Å². The Morgan fingerprint density at radius 1 is 0.349 bits per heavy atom. The number of aliphatic hydroxyl groups is 11. The first-order valence-corrected chi connectivity index (χ1v) is 41.4. The smallest absolute Gasteiger partial charge is 0.220 e. The molecule has 0 aliphatic carbocycles. The lowest BCUT2D eigenvalue weighted by Crippen LogP contribution is -2.66. The molecule has 3 rings (SSSR count). The molecule has 3 aliphatic rings. The molecular weight excluding hydrogens is 1350 g/mol. The SMILES string of the molecule is CC/C=C\C/C=C\C/C=C\C/C=C\C/C=C\C/C=C\C/C=C\C/C=C\C/C=C\CCCCCCCCCCCCCCCC(=O)NC(COC1OC(CO)C(OC2OC(CO)C(OC3OC(CO)C(O)C(O)C3O)C(O)C2O)C(O)C1O)C(O)/C=C/CC/C=C/CCCCCCCCCCCCCCCC. The number of hydrogen-bond acceptors (Lipinski definition) is 18. The second kappa shape index (κ2) is 65.6. The van der Waals surface area contributed by atoms with Crippen LogP contribution >= 0.6 is 0 Å². The molecule has 0 aromatic carbocycles. The lowest BCUT2D eigenvalue weighted by Gasteiger charge is -2.48. The van der Waals surface area contributed by atoms with E-state index < -0.39 is 124 Å². The predicted octanol–water partition coefficient (Wildman–Crippen LogP) is 14.4. The molecule has 608 valence electrons. The summed E-state index contributed by atoms with van der Waals surface area (Å²) in [5, 5.41) is 121. The number of rotatable bonds is 64. The number of allylic oxidation sites excluding steroid dienone is 21. The van der Waals surface area contributed by atoms with Crippen molar-refractivity contribution in [1.29, 1.82) is 0 Å². The summed E-state index contributed by atoms with van der Waals surface area (Å²) in [4.78, 5) is 13.5. The molecule has 19 heteroatoms. The van der Waals surface area contributed by atoms with Gasteiger partial charge in [-0.15, -0.1) is 0 Å². The maximum Gasteiger partial charge on any atom is 0.220 e. The number of hydrogen-bond donors (Lipinski definition) is 12. The molecule has 17 atom stereocenters. The Morgan fingerprint density at radius 2 is 0.660 bits per heavy atom. The normalized spacial score (nSPS) is 26.4. The average molecular weight is 1500 g/mol. The summed E-state index contributed by atoms with van der Waals surface area (Å²) in [6.45, 7) is 1.61. The van der Waals surface area contributed by atoms with Gasteiger partial charge in [0.15, 0.2) is 18.9 Å². The third-order valence-corrected chi connectivity index (χ3v) is 19.7. The highest BCUT2D eigenvalue weighted by atomic mass is 16.8. The maximum absolute atomic E-state index is 13.5. The minimum atomic E-state index is -1.99. The van der Waals surface area contributed by atoms with E-state index in [1.54, 1.807) is 6.08 Å². The Kier molecular flexibility index (Phi) is 59.5. The van der Waals surface area contributed by atoms with E-state index in [1.807, 2.05) is 6.08 Å². The van der Waals surface area contributed by atoms with Crippen molar-refractivity contribution in [2.75, 3.05) is 26.4 Å². The fourth-order valence-corrected chi connectivity index (χ4v) is 13.1. The summed E-state index contributed by atoms with van der Waals surface area (Å²) in [5.41, 5.74) is 0. The summed E-state index contributed by atoms with van der Waals surface area (Å²) in [5.74, 6) is -0.290. The minimum absolute atomic E-state index is 0.227. The predicted molar refractivity (Wildman–Crippen MR) is 424 cm³/mol. The quantitative estimate of drug-likeness (QED) is 0.0199. The molecule has 106 heavy (non-hydrogen) atoms. The molecule has 3 aliphatic heterocycles. The standard InChI is InChI=1S/C87H147NO18/c1-3-5-7-9-11-13-15-17-19-21-23-25-26-27-28-29-30-31-32-33-34-35-36-37-38-39-40-41-42-43-44-45-47-49-51-53-55-57-59-61-63-65-75(93)88-70(71(92)64-62-60-58-56-54-52-50-48-46-24-22-20-18-16-14-12-10-8-6-4-2)69-101-85-81(99)78(96)83(73(67-90)103-85)106-87-82(100)79(97)84(74(68-91)104-87)105-86-80(98)77(95)76(94)72(66-89)102-86/h5,7,11,13,17,19,23,25,27-28,30-31,33-34,36-37,39-40,54,56,62,64,70-74,76-87,89-92,94-100H,3-4,6,8-10,12,14-16,18,20-22,24,26,29,32,35,38,41-53,55,57-61,63,65-69H2,1-2H3,(H,88,93)/b7-5-,13-11-,19-17-,25-23-,28-27-,31-30-,34-33-,37-36-,40-39-,56-54+,64-62+. The van der Waals surface area contributed by atoms with Gasteiger partial charge in [-0.1, -0.05) is 302 Å². The van der Waals surface area contributed by atoms with Crippen LogP contribution in [0.15, 0.2) is 134 Å². The van der Waals surface area contributed by atoms with Gasteiger partial charge < -0.3 is 89.9 Å². The molecule has 12 N–H and O–H groups in total. The second-order valence-corrected chi connectivity index (χ2v) is 28.8. The second-order valence-electron chi connectivity index (χ2n) is 28.8. The van der Waals surface area contributed by atoms with Gasteiger partial charge in [-0.05, 0) is 103 Å². The van der Waals surface area contributed by atoms with Crippen LogP contribution in [0.25, 0.3) is 0 Å². The molecule has 0 saturated carbocycles. The van der Waals surface area contributed by atoms with Crippen LogP contribution in [0.4, 0.5) is 0 Å². The van der Waals surface area contributed by atoms with Gasteiger partial charge in [-0.2, -0.15) is 0 Å². The van der Waals surface area contributed by atoms with Gasteiger partial charge in [0.2, 0.25) is 5.91 Å². The first-order chi connectivity index (χ1) is 51.8. The topological polar surface area (TPSA) is 307 Å². The van der Waals surface area contributed by atoms with Crippen molar-refractivity contribution in [3.05, 3.63) is 134 Å². The summed E-state index contributed by atoms with van der Waals surface area (Å²) in [7, 11) is 0. The molecule has 19 nitrogen and oxygen atoms in total. The van der Waals surface area contributed by atoms with Gasteiger partial charge >= 0.3 is 0 Å². The molecule has 0 aromatic heterocycles. The molecule has 3 heterocycles. The highest BCUT2D eigenvalue weighted by molar-refractivity contribution is 5.76. The highest BCUT2D eigenvalue weighted by Crippen LogP contribution is 2.33. The van der Waals surface area contributed by atoms with Gasteiger partial charge in [0, 0.05) is 6.42 Å². The Hall–Kier alpha value is -4.07. The Bertz CT molecular complexity index is 2440. The maximum atomic E-state index is 13.5. The average Bonchev–Trinajstić information content (AvgIpc) is 0.780. The molecule has 0 aromatic rings. The zero-order valence-corrected chi connectivity index (χ0v) is 65.1. The number of ether oxygens (including phenoxy) is 6. The van der Waals surface area contributed by atoms with Crippen LogP contribution in [0, 0.1) is 0 Å². The van der Waals surface area contributed by atoms with Gasteiger partial charge in [-0.3, -0.25) is 4.79 Å². The number of nitrogens with one attached hydrogen (secondary N) is 1. The largest absolute Gasteiger partial charge is 0.394 e. The molecular formula is C87H147NO18. The molecule has 17 unspecified atom stereocenters. The summed E-state index contributed by atoms with van der Waals surface area (Å²) in [6, 6.07) is -1.000. The van der Waals surface area contributed by atoms with Crippen LogP contribution in [0.2, 0.25) is 0 Å². The summed E-state index contributed by atoms with van der Waals surface area (Å²) < 4.78 is 34.4. The van der Waals surface area contributed by atoms with E-state index in [9.17, 15) is 61.0 Å². The van der Waals surface area contributed by atoms with Crippen molar-refractivity contribution in [2.24, 2.45) is 0 Å². The monoisotopic (exact) mass is 1490 g/mol. The third-order valence-electron chi connectivity index (χ3n) is 19.7. The van der Waals surface area contributed by atoms with E-state index in [2.05, 4.69) is 141 Å². The number of aliphatic hydroxyl groups excluding tert-OH is 11. The fraction of sp³-hybridized carbons (Fsp3) is 0.736. The van der Waals surface area contributed by atoms with Crippen LogP contribution < -0.4 is 5.32 Å². The van der Waals surface area contributed by atoms with E-state index in [-0.39, 0.29) is 18.9 Å². The number of amides is 1. The van der Waals surface area contributed by atoms with E-state index in [0.29, 0.717) is 12.8 Å².